The van der Waals surface area contributed by atoms with E-state index in [1.54, 1.807) is 19.2 Å². The molecule has 0 aliphatic rings. The standard InChI is InChI=1S/C27H37N5O6/c1-8-27(2,3)28-26(34)24(18-15-21(36-5)25(38-7)22(16-18)37-6)31(13-14-35-4)23(33)17-32-20-12-10-9-11-19(20)29-30-32/h9-12,15-16,24H,8,13-14,17H2,1-7H3,(H,28,34). The first-order chi connectivity index (χ1) is 18.2. The summed E-state index contributed by atoms with van der Waals surface area (Å²) < 4.78 is 23.4. The maximum absolute atomic E-state index is 13.9. The van der Waals surface area contributed by atoms with Gasteiger partial charge in [-0.15, -0.1) is 5.10 Å². The van der Waals surface area contributed by atoms with Crippen LogP contribution in [0.3, 0.4) is 0 Å². The van der Waals surface area contributed by atoms with Gasteiger partial charge < -0.3 is 29.2 Å². The summed E-state index contributed by atoms with van der Waals surface area (Å²) in [6.07, 6.45) is 0.692. The topological polar surface area (TPSA) is 117 Å². The zero-order chi connectivity index (χ0) is 27.9. The molecule has 38 heavy (non-hydrogen) atoms. The van der Waals surface area contributed by atoms with Crippen LogP contribution in [0.2, 0.25) is 0 Å². The third kappa shape index (κ3) is 6.34. The summed E-state index contributed by atoms with van der Waals surface area (Å²) in [5.74, 6) is 0.446. The second-order valence-corrected chi connectivity index (χ2v) is 9.40. The van der Waals surface area contributed by atoms with Crippen LogP contribution < -0.4 is 19.5 Å². The Morgan fingerprint density at radius 1 is 1.05 bits per heavy atom. The van der Waals surface area contributed by atoms with E-state index in [2.05, 4.69) is 15.6 Å². The van der Waals surface area contributed by atoms with Gasteiger partial charge in [-0.3, -0.25) is 9.59 Å². The van der Waals surface area contributed by atoms with Gasteiger partial charge in [-0.05, 0) is 50.1 Å². The van der Waals surface area contributed by atoms with Gasteiger partial charge >= 0.3 is 0 Å². The lowest BCUT2D eigenvalue weighted by molar-refractivity contribution is -0.143. The molecule has 0 spiro atoms. The van der Waals surface area contributed by atoms with Crippen molar-refractivity contribution in [1.29, 1.82) is 0 Å². The molecule has 0 aliphatic heterocycles. The highest BCUT2D eigenvalue weighted by Crippen LogP contribution is 2.41. The minimum atomic E-state index is -1.02. The molecule has 1 aromatic heterocycles. The number of hydrogen-bond donors (Lipinski definition) is 1. The van der Waals surface area contributed by atoms with E-state index >= 15 is 0 Å². The van der Waals surface area contributed by atoms with E-state index in [1.807, 2.05) is 45.0 Å². The lowest BCUT2D eigenvalue weighted by atomic mass is 9.98. The maximum atomic E-state index is 13.9. The Morgan fingerprint density at radius 2 is 1.71 bits per heavy atom. The first-order valence-electron chi connectivity index (χ1n) is 12.4. The first-order valence-corrected chi connectivity index (χ1v) is 12.4. The minimum Gasteiger partial charge on any atom is -0.493 e. The lowest BCUT2D eigenvalue weighted by Crippen LogP contribution is -2.51. The fraction of sp³-hybridized carbons (Fsp3) is 0.481. The molecule has 0 saturated carbocycles. The summed E-state index contributed by atoms with van der Waals surface area (Å²) in [6.45, 7) is 6.10. The zero-order valence-electron chi connectivity index (χ0n) is 23.1. The molecule has 2 amide bonds. The van der Waals surface area contributed by atoms with Gasteiger partial charge in [0.05, 0.1) is 33.5 Å². The van der Waals surface area contributed by atoms with Gasteiger partial charge in [-0.1, -0.05) is 24.3 Å². The highest BCUT2D eigenvalue weighted by atomic mass is 16.5. The summed E-state index contributed by atoms with van der Waals surface area (Å²) in [6, 6.07) is 9.72. The van der Waals surface area contributed by atoms with E-state index in [9.17, 15) is 9.59 Å². The molecule has 206 valence electrons. The summed E-state index contributed by atoms with van der Waals surface area (Å²) in [5, 5.41) is 11.4. The third-order valence-corrected chi connectivity index (χ3v) is 6.47. The van der Waals surface area contributed by atoms with Crippen molar-refractivity contribution in [3.63, 3.8) is 0 Å². The van der Waals surface area contributed by atoms with Gasteiger partial charge in [0.25, 0.3) is 0 Å². The van der Waals surface area contributed by atoms with Crippen molar-refractivity contribution in [3.05, 3.63) is 42.0 Å². The van der Waals surface area contributed by atoms with Crippen molar-refractivity contribution in [3.8, 4) is 17.2 Å². The van der Waals surface area contributed by atoms with Crippen molar-refractivity contribution in [2.75, 3.05) is 41.6 Å². The molecule has 1 atom stereocenters. The summed E-state index contributed by atoms with van der Waals surface area (Å²) in [4.78, 5) is 29.3. The van der Waals surface area contributed by atoms with Crippen molar-refractivity contribution in [1.82, 2.24) is 25.2 Å². The third-order valence-electron chi connectivity index (χ3n) is 6.47. The average Bonchev–Trinajstić information content (AvgIpc) is 3.32. The lowest BCUT2D eigenvalue weighted by Gasteiger charge is -2.35. The number of rotatable bonds is 13. The molecule has 1 N–H and O–H groups in total. The summed E-state index contributed by atoms with van der Waals surface area (Å²) in [7, 11) is 6.05. The minimum absolute atomic E-state index is 0.115. The molecule has 3 rings (SSSR count). The van der Waals surface area contributed by atoms with E-state index < -0.39 is 11.6 Å². The number of carbonyl (C=O) groups excluding carboxylic acids is 2. The number of aromatic nitrogens is 3. The van der Waals surface area contributed by atoms with Crippen LogP contribution >= 0.6 is 0 Å². The first kappa shape index (κ1) is 28.7. The molecule has 0 bridgehead atoms. The zero-order valence-corrected chi connectivity index (χ0v) is 23.1. The Hall–Kier alpha value is -3.86. The Morgan fingerprint density at radius 3 is 2.29 bits per heavy atom. The maximum Gasteiger partial charge on any atom is 0.247 e. The monoisotopic (exact) mass is 527 g/mol. The molecule has 3 aromatic rings. The smallest absolute Gasteiger partial charge is 0.247 e. The number of methoxy groups -OCH3 is 4. The number of carbonyl (C=O) groups is 2. The van der Waals surface area contributed by atoms with Crippen molar-refractivity contribution in [2.45, 2.75) is 45.3 Å². The van der Waals surface area contributed by atoms with Gasteiger partial charge in [0.2, 0.25) is 17.6 Å². The largest absolute Gasteiger partial charge is 0.493 e. The number of benzene rings is 2. The molecular formula is C27H37N5O6. The van der Waals surface area contributed by atoms with E-state index in [4.69, 9.17) is 18.9 Å². The number of nitrogens with zero attached hydrogens (tertiary/aromatic N) is 4. The fourth-order valence-electron chi connectivity index (χ4n) is 4.06. The Balaban J connectivity index is 2.12. The molecule has 2 aromatic carbocycles. The van der Waals surface area contributed by atoms with Crippen LogP contribution in [0.1, 0.15) is 38.8 Å². The molecule has 11 nitrogen and oxygen atoms in total. The Bertz CT molecular complexity index is 1230. The van der Waals surface area contributed by atoms with Crippen LogP contribution in [-0.2, 0) is 20.9 Å². The Kier molecular flexibility index (Phi) is 9.51. The predicted molar refractivity (Wildman–Crippen MR) is 142 cm³/mol. The van der Waals surface area contributed by atoms with E-state index in [-0.39, 0.29) is 31.5 Å². The molecule has 0 radical (unpaired) electrons. The normalized spacial score (nSPS) is 12.2. The van der Waals surface area contributed by atoms with Gasteiger partial charge in [0.15, 0.2) is 11.5 Å². The van der Waals surface area contributed by atoms with Gasteiger partial charge in [-0.2, -0.15) is 0 Å². The summed E-state index contributed by atoms with van der Waals surface area (Å²) >= 11 is 0. The average molecular weight is 528 g/mol. The molecule has 0 fully saturated rings. The molecule has 1 heterocycles. The molecule has 1 unspecified atom stereocenters. The van der Waals surface area contributed by atoms with Crippen LogP contribution in [0.5, 0.6) is 17.2 Å². The van der Waals surface area contributed by atoms with Crippen LogP contribution in [-0.4, -0.2) is 78.8 Å². The second-order valence-electron chi connectivity index (χ2n) is 9.40. The van der Waals surface area contributed by atoms with Gasteiger partial charge in [0.1, 0.15) is 18.1 Å². The number of amides is 2. The highest BCUT2D eigenvalue weighted by molar-refractivity contribution is 5.90. The molecular weight excluding hydrogens is 490 g/mol. The van der Waals surface area contributed by atoms with E-state index in [0.29, 0.717) is 40.3 Å². The number of nitrogens with one attached hydrogen (secondary N) is 1. The van der Waals surface area contributed by atoms with Crippen molar-refractivity contribution in [2.24, 2.45) is 0 Å². The molecule has 0 aliphatic carbocycles. The number of ether oxygens (including phenoxy) is 4. The van der Waals surface area contributed by atoms with E-state index in [1.165, 1.54) is 30.9 Å². The number of fused-ring (bicyclic) bond motifs is 1. The van der Waals surface area contributed by atoms with Crippen LogP contribution in [0.25, 0.3) is 11.0 Å². The van der Waals surface area contributed by atoms with Crippen molar-refractivity contribution < 1.29 is 28.5 Å². The molecule has 0 saturated heterocycles. The van der Waals surface area contributed by atoms with Crippen LogP contribution in [0.15, 0.2) is 36.4 Å². The van der Waals surface area contributed by atoms with Crippen LogP contribution in [0, 0.1) is 0 Å². The highest BCUT2D eigenvalue weighted by Gasteiger charge is 2.35. The van der Waals surface area contributed by atoms with Crippen molar-refractivity contribution >= 4 is 22.8 Å². The van der Waals surface area contributed by atoms with Gasteiger partial charge in [0, 0.05) is 19.2 Å². The number of para-hydroxylation sites is 1. The van der Waals surface area contributed by atoms with Gasteiger partial charge in [-0.25, -0.2) is 4.68 Å². The Labute approximate surface area is 223 Å². The quantitative estimate of drug-likeness (QED) is 0.361. The predicted octanol–water partition coefficient (Wildman–Crippen LogP) is 2.98. The fourth-order valence-corrected chi connectivity index (χ4v) is 4.06. The summed E-state index contributed by atoms with van der Waals surface area (Å²) in [5.41, 5.74) is 1.38. The molecule has 11 heteroatoms. The SMILES string of the molecule is CCC(C)(C)NC(=O)C(c1cc(OC)c(OC)c(OC)c1)N(CCOC)C(=O)Cn1nnc2ccccc21. The van der Waals surface area contributed by atoms with Crippen LogP contribution in [0.4, 0.5) is 0 Å². The van der Waals surface area contributed by atoms with E-state index in [0.717, 1.165) is 0 Å². The second kappa shape index (κ2) is 12.6. The number of hydrogen-bond acceptors (Lipinski definition) is 8.